The third-order valence-corrected chi connectivity index (χ3v) is 5.36. The van der Waals surface area contributed by atoms with Crippen molar-refractivity contribution in [1.82, 2.24) is 19.7 Å². The summed E-state index contributed by atoms with van der Waals surface area (Å²) in [6.07, 6.45) is 3.74. The molecule has 0 aliphatic carbocycles. The third kappa shape index (κ3) is 2.98. The molecule has 25 heavy (non-hydrogen) atoms. The summed E-state index contributed by atoms with van der Waals surface area (Å²) in [5.41, 5.74) is 3.85. The molecular formula is C19H20N4OS. The van der Waals surface area contributed by atoms with Crippen LogP contribution in [-0.2, 0) is 0 Å². The van der Waals surface area contributed by atoms with Crippen LogP contribution in [0.3, 0.4) is 0 Å². The maximum Gasteiger partial charge on any atom is 0.255 e. The first kappa shape index (κ1) is 16.0. The molecule has 4 heterocycles. The van der Waals surface area contributed by atoms with Crippen molar-refractivity contribution in [2.75, 3.05) is 6.54 Å². The Bertz CT molecular complexity index is 883. The lowest BCUT2D eigenvalue weighted by Crippen LogP contribution is -2.30. The van der Waals surface area contributed by atoms with Gasteiger partial charge in [-0.15, -0.1) is 0 Å². The number of thiophene rings is 1. The number of aryl methyl sites for hydroxylation is 2. The number of amides is 1. The van der Waals surface area contributed by atoms with Crippen molar-refractivity contribution in [2.45, 2.75) is 32.7 Å². The van der Waals surface area contributed by atoms with Gasteiger partial charge in [-0.3, -0.25) is 4.79 Å². The van der Waals surface area contributed by atoms with Crippen LogP contribution < -0.4 is 0 Å². The standard InChI is InChI=1S/C19H20N4OS/c1-13-10-14(2)23(21-13)18-6-5-15(11-20-18)19(24)22-8-3-4-17(22)16-7-9-25-12-16/h5-7,9-12,17H,3-4,8H2,1-2H3/t17-/m0/s1. The number of hydrogen-bond acceptors (Lipinski definition) is 4. The van der Waals surface area contributed by atoms with Crippen molar-refractivity contribution in [3.63, 3.8) is 0 Å². The Labute approximate surface area is 150 Å². The average Bonchev–Trinajstić information content (AvgIpc) is 3.34. The number of hydrogen-bond donors (Lipinski definition) is 0. The normalized spacial score (nSPS) is 17.2. The van der Waals surface area contributed by atoms with Crippen LogP contribution in [0.5, 0.6) is 0 Å². The predicted molar refractivity (Wildman–Crippen MR) is 98.2 cm³/mol. The molecule has 0 bridgehead atoms. The number of likely N-dealkylation sites (tertiary alicyclic amines) is 1. The highest BCUT2D eigenvalue weighted by atomic mass is 32.1. The van der Waals surface area contributed by atoms with Crippen molar-refractivity contribution in [2.24, 2.45) is 0 Å². The molecule has 5 nitrogen and oxygen atoms in total. The van der Waals surface area contributed by atoms with Gasteiger partial charge in [0.15, 0.2) is 5.82 Å². The van der Waals surface area contributed by atoms with Crippen molar-refractivity contribution < 1.29 is 4.79 Å². The van der Waals surface area contributed by atoms with E-state index in [1.807, 2.05) is 36.9 Å². The Morgan fingerprint density at radius 3 is 2.80 bits per heavy atom. The van der Waals surface area contributed by atoms with Crippen LogP contribution in [0.2, 0.25) is 0 Å². The van der Waals surface area contributed by atoms with Gasteiger partial charge >= 0.3 is 0 Å². The lowest BCUT2D eigenvalue weighted by Gasteiger charge is -2.24. The maximum absolute atomic E-state index is 12.9. The second-order valence-corrected chi connectivity index (χ2v) is 7.24. The molecule has 3 aromatic rings. The second kappa shape index (κ2) is 6.44. The van der Waals surface area contributed by atoms with Crippen LogP contribution in [0, 0.1) is 13.8 Å². The topological polar surface area (TPSA) is 51.0 Å². The van der Waals surface area contributed by atoms with Gasteiger partial charge in [-0.2, -0.15) is 16.4 Å². The van der Waals surface area contributed by atoms with E-state index in [0.29, 0.717) is 5.56 Å². The summed E-state index contributed by atoms with van der Waals surface area (Å²) in [5, 5.41) is 8.65. The molecule has 128 valence electrons. The average molecular weight is 352 g/mol. The maximum atomic E-state index is 12.9. The summed E-state index contributed by atoms with van der Waals surface area (Å²) >= 11 is 1.68. The summed E-state index contributed by atoms with van der Waals surface area (Å²) < 4.78 is 1.80. The fourth-order valence-electron chi connectivity index (χ4n) is 3.49. The minimum absolute atomic E-state index is 0.0566. The molecule has 4 rings (SSSR count). The predicted octanol–water partition coefficient (Wildman–Crippen LogP) is 3.92. The summed E-state index contributed by atoms with van der Waals surface area (Å²) in [7, 11) is 0. The Balaban J connectivity index is 1.57. The van der Waals surface area contributed by atoms with Gasteiger partial charge in [0.2, 0.25) is 0 Å². The smallest absolute Gasteiger partial charge is 0.255 e. The summed E-state index contributed by atoms with van der Waals surface area (Å²) in [4.78, 5) is 19.4. The van der Waals surface area contributed by atoms with Crippen LogP contribution in [0.15, 0.2) is 41.2 Å². The summed E-state index contributed by atoms with van der Waals surface area (Å²) in [5.74, 6) is 0.791. The Morgan fingerprint density at radius 2 is 2.16 bits per heavy atom. The van der Waals surface area contributed by atoms with Crippen molar-refractivity contribution >= 4 is 17.2 Å². The zero-order valence-corrected chi connectivity index (χ0v) is 15.2. The highest BCUT2D eigenvalue weighted by molar-refractivity contribution is 7.08. The number of nitrogens with zero attached hydrogens (tertiary/aromatic N) is 4. The highest BCUT2D eigenvalue weighted by Gasteiger charge is 2.30. The SMILES string of the molecule is Cc1cc(C)n(-c2ccc(C(=O)N3CCC[C@H]3c3ccsc3)cn2)n1. The van der Waals surface area contributed by atoms with Crippen LogP contribution in [0.1, 0.15) is 46.2 Å². The van der Waals surface area contributed by atoms with Gasteiger partial charge in [0.1, 0.15) is 0 Å². The number of aromatic nitrogens is 3. The van der Waals surface area contributed by atoms with Crippen LogP contribution in [0.25, 0.3) is 5.82 Å². The largest absolute Gasteiger partial charge is 0.332 e. The molecule has 0 radical (unpaired) electrons. The molecule has 1 amide bonds. The summed E-state index contributed by atoms with van der Waals surface area (Å²) in [6, 6.07) is 8.03. The fraction of sp³-hybridized carbons (Fsp3) is 0.316. The van der Waals surface area contributed by atoms with E-state index in [-0.39, 0.29) is 11.9 Å². The molecule has 0 N–H and O–H groups in total. The van der Waals surface area contributed by atoms with Crippen molar-refractivity contribution in [1.29, 1.82) is 0 Å². The number of carbonyl (C=O) groups excluding carboxylic acids is 1. The molecule has 3 aromatic heterocycles. The zero-order chi connectivity index (χ0) is 17.4. The van der Waals surface area contributed by atoms with E-state index in [2.05, 4.69) is 26.9 Å². The van der Waals surface area contributed by atoms with Gasteiger partial charge in [0.25, 0.3) is 5.91 Å². The van der Waals surface area contributed by atoms with E-state index in [1.54, 1.807) is 22.2 Å². The minimum atomic E-state index is 0.0566. The molecule has 0 unspecified atom stereocenters. The van der Waals surface area contributed by atoms with E-state index >= 15 is 0 Å². The third-order valence-electron chi connectivity index (χ3n) is 4.66. The number of pyridine rings is 1. The minimum Gasteiger partial charge on any atom is -0.332 e. The van der Waals surface area contributed by atoms with Gasteiger partial charge in [-0.1, -0.05) is 0 Å². The van der Waals surface area contributed by atoms with E-state index in [0.717, 1.165) is 36.6 Å². The first-order valence-electron chi connectivity index (χ1n) is 8.46. The molecule has 0 spiro atoms. The number of carbonyl (C=O) groups is 1. The molecule has 1 atom stereocenters. The second-order valence-electron chi connectivity index (χ2n) is 6.46. The molecular weight excluding hydrogens is 332 g/mol. The lowest BCUT2D eigenvalue weighted by molar-refractivity contribution is 0.0735. The molecule has 1 saturated heterocycles. The van der Waals surface area contributed by atoms with Crippen LogP contribution >= 0.6 is 11.3 Å². The molecule has 1 aliphatic heterocycles. The first-order valence-corrected chi connectivity index (χ1v) is 9.40. The molecule has 1 fully saturated rings. The monoisotopic (exact) mass is 352 g/mol. The lowest BCUT2D eigenvalue weighted by atomic mass is 10.1. The van der Waals surface area contributed by atoms with Crippen LogP contribution in [0.4, 0.5) is 0 Å². The summed E-state index contributed by atoms with van der Waals surface area (Å²) in [6.45, 7) is 4.76. The zero-order valence-electron chi connectivity index (χ0n) is 14.3. The van der Waals surface area contributed by atoms with E-state index in [1.165, 1.54) is 5.56 Å². The Hall–Kier alpha value is -2.47. The van der Waals surface area contributed by atoms with E-state index in [4.69, 9.17) is 0 Å². The van der Waals surface area contributed by atoms with Gasteiger partial charge in [0.05, 0.1) is 17.3 Å². The van der Waals surface area contributed by atoms with Crippen LogP contribution in [-0.4, -0.2) is 32.1 Å². The van der Waals surface area contributed by atoms with Gasteiger partial charge in [-0.25, -0.2) is 9.67 Å². The van der Waals surface area contributed by atoms with E-state index in [9.17, 15) is 4.79 Å². The van der Waals surface area contributed by atoms with E-state index < -0.39 is 0 Å². The molecule has 1 aliphatic rings. The highest BCUT2D eigenvalue weighted by Crippen LogP contribution is 2.34. The Morgan fingerprint density at radius 1 is 1.28 bits per heavy atom. The van der Waals surface area contributed by atoms with Gasteiger partial charge in [-0.05, 0) is 67.3 Å². The molecule has 0 saturated carbocycles. The van der Waals surface area contributed by atoms with Crippen molar-refractivity contribution in [3.05, 3.63) is 63.7 Å². The van der Waals surface area contributed by atoms with Crippen molar-refractivity contribution in [3.8, 4) is 5.82 Å². The fourth-order valence-corrected chi connectivity index (χ4v) is 4.19. The first-order chi connectivity index (χ1) is 12.1. The molecule has 0 aromatic carbocycles. The van der Waals surface area contributed by atoms with Gasteiger partial charge in [0, 0.05) is 18.4 Å². The van der Waals surface area contributed by atoms with Gasteiger partial charge < -0.3 is 4.90 Å². The molecule has 6 heteroatoms. The Kier molecular flexibility index (Phi) is 4.13. The number of rotatable bonds is 3. The quantitative estimate of drug-likeness (QED) is 0.718.